The van der Waals surface area contributed by atoms with Gasteiger partial charge in [-0.2, -0.15) is 0 Å². The summed E-state index contributed by atoms with van der Waals surface area (Å²) in [7, 11) is 1.59. The van der Waals surface area contributed by atoms with Crippen molar-refractivity contribution in [3.8, 4) is 11.5 Å². The van der Waals surface area contributed by atoms with Crippen molar-refractivity contribution in [3.05, 3.63) is 18.2 Å². The van der Waals surface area contributed by atoms with Crippen LogP contribution in [0.1, 0.15) is 32.6 Å². The molecule has 5 heteroatoms. The summed E-state index contributed by atoms with van der Waals surface area (Å²) < 4.78 is 10.8. The van der Waals surface area contributed by atoms with E-state index >= 15 is 0 Å². The Morgan fingerprint density at radius 2 is 2.05 bits per heavy atom. The minimum atomic E-state index is -0.411. The monoisotopic (exact) mass is 292 g/mol. The largest absolute Gasteiger partial charge is 0.493 e. The molecule has 0 saturated heterocycles. The van der Waals surface area contributed by atoms with Gasteiger partial charge in [-0.15, -0.1) is 0 Å². The Bertz CT molecular complexity index is 496. The number of methoxy groups -OCH3 is 1. The van der Waals surface area contributed by atoms with Crippen LogP contribution in [-0.4, -0.2) is 26.2 Å². The van der Waals surface area contributed by atoms with Crippen molar-refractivity contribution >= 4 is 11.6 Å². The van der Waals surface area contributed by atoms with Crippen LogP contribution in [-0.2, 0) is 4.79 Å². The fourth-order valence-electron chi connectivity index (χ4n) is 2.86. The Morgan fingerprint density at radius 1 is 1.33 bits per heavy atom. The van der Waals surface area contributed by atoms with Gasteiger partial charge in [0.15, 0.2) is 11.5 Å². The molecule has 0 aliphatic heterocycles. The van der Waals surface area contributed by atoms with E-state index in [9.17, 15) is 4.79 Å². The summed E-state index contributed by atoms with van der Waals surface area (Å²) in [6.07, 6.45) is 3.86. The highest BCUT2D eigenvalue weighted by atomic mass is 16.5. The van der Waals surface area contributed by atoms with Gasteiger partial charge in [0.25, 0.3) is 0 Å². The first-order chi connectivity index (χ1) is 10.1. The highest BCUT2D eigenvalue weighted by Crippen LogP contribution is 2.38. The second-order valence-electron chi connectivity index (χ2n) is 5.44. The summed E-state index contributed by atoms with van der Waals surface area (Å²) in [5, 5.41) is 2.97. The van der Waals surface area contributed by atoms with Crippen LogP contribution in [0.2, 0.25) is 0 Å². The molecular formula is C16H24N2O3. The summed E-state index contributed by atoms with van der Waals surface area (Å²) in [5.41, 5.74) is 6.14. The Balaban J connectivity index is 2.14. The number of rotatable bonds is 6. The topological polar surface area (TPSA) is 73.6 Å². The van der Waals surface area contributed by atoms with Crippen LogP contribution < -0.4 is 20.5 Å². The van der Waals surface area contributed by atoms with Gasteiger partial charge in [0.05, 0.1) is 19.1 Å². The van der Waals surface area contributed by atoms with Crippen molar-refractivity contribution in [2.24, 2.45) is 11.1 Å². The molecular weight excluding hydrogens is 268 g/mol. The third-order valence-corrected chi connectivity index (χ3v) is 4.15. The number of benzene rings is 1. The highest BCUT2D eigenvalue weighted by molar-refractivity contribution is 5.96. The maximum Gasteiger partial charge on any atom is 0.231 e. The molecule has 1 aromatic rings. The number of hydrogen-bond acceptors (Lipinski definition) is 4. The summed E-state index contributed by atoms with van der Waals surface area (Å²) >= 11 is 0. The van der Waals surface area contributed by atoms with Gasteiger partial charge in [0, 0.05) is 18.3 Å². The van der Waals surface area contributed by atoms with Crippen molar-refractivity contribution < 1.29 is 14.3 Å². The summed E-state index contributed by atoms with van der Waals surface area (Å²) in [6, 6.07) is 5.41. The summed E-state index contributed by atoms with van der Waals surface area (Å²) in [5.74, 6) is 1.30. The average molecular weight is 292 g/mol. The van der Waals surface area contributed by atoms with E-state index in [4.69, 9.17) is 15.2 Å². The normalized spacial score (nSPS) is 16.5. The molecule has 1 aliphatic carbocycles. The Labute approximate surface area is 125 Å². The number of nitrogens with one attached hydrogen (secondary N) is 1. The third-order valence-electron chi connectivity index (χ3n) is 4.15. The molecule has 1 saturated carbocycles. The van der Waals surface area contributed by atoms with Crippen molar-refractivity contribution in [2.75, 3.05) is 25.6 Å². The van der Waals surface area contributed by atoms with Crippen molar-refractivity contribution in [3.63, 3.8) is 0 Å². The predicted molar refractivity (Wildman–Crippen MR) is 82.7 cm³/mol. The van der Waals surface area contributed by atoms with Crippen LogP contribution in [0.15, 0.2) is 18.2 Å². The van der Waals surface area contributed by atoms with Crippen LogP contribution in [0.3, 0.4) is 0 Å². The van der Waals surface area contributed by atoms with E-state index in [1.54, 1.807) is 13.2 Å². The molecule has 0 atom stereocenters. The zero-order chi connectivity index (χ0) is 15.3. The Hall–Kier alpha value is -1.75. The van der Waals surface area contributed by atoms with Gasteiger partial charge in [-0.1, -0.05) is 12.8 Å². The van der Waals surface area contributed by atoms with Gasteiger partial charge >= 0.3 is 0 Å². The second kappa shape index (κ2) is 6.80. The number of carbonyl (C=O) groups excluding carboxylic acids is 1. The Kier molecular flexibility index (Phi) is 5.07. The lowest BCUT2D eigenvalue weighted by Crippen LogP contribution is -2.40. The van der Waals surface area contributed by atoms with Crippen LogP contribution in [0.5, 0.6) is 11.5 Å². The fourth-order valence-corrected chi connectivity index (χ4v) is 2.86. The van der Waals surface area contributed by atoms with Gasteiger partial charge < -0.3 is 20.5 Å². The molecule has 0 bridgehead atoms. The fraction of sp³-hybridized carbons (Fsp3) is 0.562. The smallest absolute Gasteiger partial charge is 0.231 e. The molecule has 1 aromatic carbocycles. The van der Waals surface area contributed by atoms with Crippen LogP contribution >= 0.6 is 0 Å². The number of anilines is 1. The minimum absolute atomic E-state index is 0.00807. The van der Waals surface area contributed by atoms with E-state index < -0.39 is 5.41 Å². The van der Waals surface area contributed by atoms with E-state index in [2.05, 4.69) is 5.32 Å². The van der Waals surface area contributed by atoms with Gasteiger partial charge in [-0.05, 0) is 31.9 Å². The third kappa shape index (κ3) is 3.29. The molecule has 1 amide bonds. The van der Waals surface area contributed by atoms with Crippen molar-refractivity contribution in [1.82, 2.24) is 0 Å². The molecule has 1 aliphatic rings. The first kappa shape index (κ1) is 15.6. The number of hydrogen-bond donors (Lipinski definition) is 2. The molecule has 116 valence electrons. The molecule has 0 unspecified atom stereocenters. The molecule has 0 radical (unpaired) electrons. The quantitative estimate of drug-likeness (QED) is 0.845. The lowest BCUT2D eigenvalue weighted by molar-refractivity contribution is -0.124. The lowest BCUT2D eigenvalue weighted by atomic mass is 9.85. The average Bonchev–Trinajstić information content (AvgIpc) is 2.99. The molecule has 21 heavy (non-hydrogen) atoms. The van der Waals surface area contributed by atoms with Crippen LogP contribution in [0.25, 0.3) is 0 Å². The zero-order valence-electron chi connectivity index (χ0n) is 12.8. The van der Waals surface area contributed by atoms with E-state index in [0.29, 0.717) is 30.3 Å². The van der Waals surface area contributed by atoms with Gasteiger partial charge in [-0.3, -0.25) is 4.79 Å². The van der Waals surface area contributed by atoms with Crippen molar-refractivity contribution in [1.29, 1.82) is 0 Å². The maximum absolute atomic E-state index is 12.5. The zero-order valence-corrected chi connectivity index (χ0v) is 12.8. The van der Waals surface area contributed by atoms with Crippen LogP contribution in [0, 0.1) is 5.41 Å². The van der Waals surface area contributed by atoms with Gasteiger partial charge in [0.1, 0.15) is 0 Å². The molecule has 2 rings (SSSR count). The Morgan fingerprint density at radius 3 is 2.62 bits per heavy atom. The highest BCUT2D eigenvalue weighted by Gasteiger charge is 2.39. The first-order valence-corrected chi connectivity index (χ1v) is 7.47. The number of ether oxygens (including phenoxy) is 2. The molecule has 0 heterocycles. The molecule has 3 N–H and O–H groups in total. The van der Waals surface area contributed by atoms with E-state index in [-0.39, 0.29) is 5.91 Å². The molecule has 0 spiro atoms. The number of amides is 1. The van der Waals surface area contributed by atoms with E-state index in [1.807, 2.05) is 19.1 Å². The standard InChI is InChI=1S/C16H24N2O3/c1-3-21-13-7-6-12(10-14(13)20-2)18-15(19)16(11-17)8-4-5-9-16/h6-7,10H,3-5,8-9,11,17H2,1-2H3,(H,18,19). The molecule has 0 aromatic heterocycles. The van der Waals surface area contributed by atoms with E-state index in [0.717, 1.165) is 25.7 Å². The summed E-state index contributed by atoms with van der Waals surface area (Å²) in [4.78, 5) is 12.5. The number of nitrogens with two attached hydrogens (primary N) is 1. The SMILES string of the molecule is CCOc1ccc(NC(=O)C2(CN)CCCC2)cc1OC. The molecule has 1 fully saturated rings. The van der Waals surface area contributed by atoms with E-state index in [1.165, 1.54) is 0 Å². The maximum atomic E-state index is 12.5. The minimum Gasteiger partial charge on any atom is -0.493 e. The van der Waals surface area contributed by atoms with Crippen LogP contribution in [0.4, 0.5) is 5.69 Å². The second-order valence-corrected chi connectivity index (χ2v) is 5.44. The lowest BCUT2D eigenvalue weighted by Gasteiger charge is -2.25. The van der Waals surface area contributed by atoms with Gasteiger partial charge in [0.2, 0.25) is 5.91 Å². The summed E-state index contributed by atoms with van der Waals surface area (Å²) in [6.45, 7) is 2.88. The predicted octanol–water partition coefficient (Wildman–Crippen LogP) is 2.55. The number of carbonyl (C=O) groups is 1. The molecule has 5 nitrogen and oxygen atoms in total. The van der Waals surface area contributed by atoms with Gasteiger partial charge in [-0.25, -0.2) is 0 Å². The van der Waals surface area contributed by atoms with Crippen molar-refractivity contribution in [2.45, 2.75) is 32.6 Å². The first-order valence-electron chi connectivity index (χ1n) is 7.47.